The number of nitrogens with one attached hydrogen (secondary N) is 2. The summed E-state index contributed by atoms with van der Waals surface area (Å²) in [5.74, 6) is 1.06. The van der Waals surface area contributed by atoms with E-state index in [2.05, 4.69) is 17.6 Å². The lowest BCUT2D eigenvalue weighted by Crippen LogP contribution is -2.34. The molecule has 2 rings (SSSR count). The maximum absolute atomic E-state index is 3.69. The van der Waals surface area contributed by atoms with Crippen LogP contribution in [0.4, 0.5) is 0 Å². The molecule has 2 heteroatoms. The second kappa shape index (κ2) is 7.38. The normalized spacial score (nSPS) is 27.7. The lowest BCUT2D eigenvalue weighted by Gasteiger charge is -2.18. The molecule has 1 heterocycles. The van der Waals surface area contributed by atoms with Crippen molar-refractivity contribution in [2.75, 3.05) is 13.1 Å². The molecule has 2 fully saturated rings. The Morgan fingerprint density at radius 3 is 2.71 bits per heavy atom. The standard InChI is InChI=1S/C15H30N2/c1-13(12-15-9-5-11-17-15)16-10-4-8-14-6-2-3-7-14/h13-17H,2-12H2,1H3. The van der Waals surface area contributed by atoms with Gasteiger partial charge in [-0.15, -0.1) is 0 Å². The molecule has 0 aromatic rings. The molecule has 2 nitrogen and oxygen atoms in total. The first kappa shape index (κ1) is 13.4. The molecule has 0 aromatic carbocycles. The van der Waals surface area contributed by atoms with E-state index in [1.165, 1.54) is 70.9 Å². The molecule has 1 saturated carbocycles. The molecule has 17 heavy (non-hydrogen) atoms. The van der Waals surface area contributed by atoms with Gasteiger partial charge in [-0.2, -0.15) is 0 Å². The van der Waals surface area contributed by atoms with Crippen molar-refractivity contribution in [2.45, 2.75) is 76.8 Å². The summed E-state index contributed by atoms with van der Waals surface area (Å²) in [6.07, 6.45) is 12.9. The van der Waals surface area contributed by atoms with Crippen molar-refractivity contribution in [1.29, 1.82) is 0 Å². The monoisotopic (exact) mass is 238 g/mol. The summed E-state index contributed by atoms with van der Waals surface area (Å²) in [5, 5.41) is 7.28. The van der Waals surface area contributed by atoms with Crippen LogP contribution >= 0.6 is 0 Å². The fraction of sp³-hybridized carbons (Fsp3) is 1.00. The third kappa shape index (κ3) is 4.97. The van der Waals surface area contributed by atoms with Gasteiger partial charge in [-0.3, -0.25) is 0 Å². The van der Waals surface area contributed by atoms with Crippen molar-refractivity contribution in [3.63, 3.8) is 0 Å². The molecule has 0 radical (unpaired) electrons. The highest BCUT2D eigenvalue weighted by atomic mass is 15.0. The van der Waals surface area contributed by atoms with Crippen LogP contribution in [0.2, 0.25) is 0 Å². The van der Waals surface area contributed by atoms with E-state index >= 15 is 0 Å². The van der Waals surface area contributed by atoms with Crippen LogP contribution in [0, 0.1) is 5.92 Å². The first-order valence-electron chi connectivity index (χ1n) is 7.81. The van der Waals surface area contributed by atoms with E-state index in [9.17, 15) is 0 Å². The van der Waals surface area contributed by atoms with Crippen molar-refractivity contribution in [2.24, 2.45) is 5.92 Å². The fourth-order valence-electron chi connectivity index (χ4n) is 3.51. The molecule has 0 spiro atoms. The molecule has 1 saturated heterocycles. The Kier molecular flexibility index (Phi) is 5.79. The Balaban J connectivity index is 1.46. The van der Waals surface area contributed by atoms with Gasteiger partial charge in [0, 0.05) is 12.1 Å². The minimum absolute atomic E-state index is 0.689. The largest absolute Gasteiger partial charge is 0.314 e. The van der Waals surface area contributed by atoms with Gasteiger partial charge in [0.15, 0.2) is 0 Å². The minimum Gasteiger partial charge on any atom is -0.314 e. The van der Waals surface area contributed by atoms with Crippen molar-refractivity contribution in [1.82, 2.24) is 10.6 Å². The molecular weight excluding hydrogens is 208 g/mol. The summed E-state index contributed by atoms with van der Waals surface area (Å²) in [5.41, 5.74) is 0. The summed E-state index contributed by atoms with van der Waals surface area (Å²) in [7, 11) is 0. The van der Waals surface area contributed by atoms with Crippen LogP contribution in [0.5, 0.6) is 0 Å². The highest BCUT2D eigenvalue weighted by molar-refractivity contribution is 4.78. The second-order valence-electron chi connectivity index (χ2n) is 6.18. The Morgan fingerprint density at radius 2 is 2.00 bits per heavy atom. The Bertz CT molecular complexity index is 193. The van der Waals surface area contributed by atoms with E-state index in [-0.39, 0.29) is 0 Å². The zero-order chi connectivity index (χ0) is 11.9. The summed E-state index contributed by atoms with van der Waals surface area (Å²) in [6, 6.07) is 1.47. The smallest absolute Gasteiger partial charge is 0.00822 e. The van der Waals surface area contributed by atoms with Gasteiger partial charge in [0.1, 0.15) is 0 Å². The molecule has 100 valence electrons. The van der Waals surface area contributed by atoms with E-state index < -0.39 is 0 Å². The van der Waals surface area contributed by atoms with Crippen molar-refractivity contribution >= 4 is 0 Å². The molecule has 2 aliphatic rings. The van der Waals surface area contributed by atoms with E-state index in [4.69, 9.17) is 0 Å². The van der Waals surface area contributed by atoms with Crippen molar-refractivity contribution in [3.05, 3.63) is 0 Å². The van der Waals surface area contributed by atoms with E-state index in [1.54, 1.807) is 0 Å². The van der Waals surface area contributed by atoms with Gasteiger partial charge in [-0.25, -0.2) is 0 Å². The summed E-state index contributed by atoms with van der Waals surface area (Å²) < 4.78 is 0. The van der Waals surface area contributed by atoms with Crippen LogP contribution in [0.15, 0.2) is 0 Å². The maximum atomic E-state index is 3.69. The third-order valence-electron chi connectivity index (χ3n) is 4.56. The highest BCUT2D eigenvalue weighted by Crippen LogP contribution is 2.28. The summed E-state index contributed by atoms with van der Waals surface area (Å²) in [4.78, 5) is 0. The zero-order valence-electron chi connectivity index (χ0n) is 11.5. The Morgan fingerprint density at radius 1 is 1.18 bits per heavy atom. The Labute approximate surface area is 107 Å². The first-order chi connectivity index (χ1) is 8.34. The molecule has 0 aromatic heterocycles. The third-order valence-corrected chi connectivity index (χ3v) is 4.56. The minimum atomic E-state index is 0.689. The molecule has 2 atom stereocenters. The van der Waals surface area contributed by atoms with Crippen LogP contribution in [0.3, 0.4) is 0 Å². The van der Waals surface area contributed by atoms with Crippen molar-refractivity contribution < 1.29 is 0 Å². The summed E-state index contributed by atoms with van der Waals surface area (Å²) in [6.45, 7) is 4.80. The van der Waals surface area contributed by atoms with E-state index in [1.807, 2.05) is 0 Å². The highest BCUT2D eigenvalue weighted by Gasteiger charge is 2.17. The quantitative estimate of drug-likeness (QED) is 0.666. The van der Waals surface area contributed by atoms with Crippen LogP contribution in [0.25, 0.3) is 0 Å². The molecular formula is C15H30N2. The average molecular weight is 238 g/mol. The first-order valence-corrected chi connectivity index (χ1v) is 7.81. The number of hydrogen-bond donors (Lipinski definition) is 2. The maximum Gasteiger partial charge on any atom is 0.00822 e. The van der Waals surface area contributed by atoms with Gasteiger partial charge in [0.2, 0.25) is 0 Å². The topological polar surface area (TPSA) is 24.1 Å². The predicted octanol–water partition coefficient (Wildman–Crippen LogP) is 3.08. The molecule has 1 aliphatic heterocycles. The van der Waals surface area contributed by atoms with Crippen molar-refractivity contribution in [3.8, 4) is 0 Å². The fourth-order valence-corrected chi connectivity index (χ4v) is 3.51. The zero-order valence-corrected chi connectivity index (χ0v) is 11.5. The molecule has 0 amide bonds. The molecule has 2 N–H and O–H groups in total. The predicted molar refractivity (Wildman–Crippen MR) is 74.3 cm³/mol. The SMILES string of the molecule is CC(CC1CCCN1)NCCCC1CCCC1. The van der Waals surface area contributed by atoms with Gasteiger partial charge in [0.25, 0.3) is 0 Å². The molecule has 0 bridgehead atoms. The average Bonchev–Trinajstić information content (AvgIpc) is 2.96. The van der Waals surface area contributed by atoms with Gasteiger partial charge in [0.05, 0.1) is 0 Å². The van der Waals surface area contributed by atoms with Crippen LogP contribution in [-0.2, 0) is 0 Å². The van der Waals surface area contributed by atoms with Gasteiger partial charge in [-0.1, -0.05) is 25.7 Å². The van der Waals surface area contributed by atoms with Gasteiger partial charge in [-0.05, 0) is 58.0 Å². The summed E-state index contributed by atoms with van der Waals surface area (Å²) >= 11 is 0. The van der Waals surface area contributed by atoms with Crippen LogP contribution in [0.1, 0.15) is 64.7 Å². The van der Waals surface area contributed by atoms with Gasteiger partial charge < -0.3 is 10.6 Å². The Hall–Kier alpha value is -0.0800. The van der Waals surface area contributed by atoms with Crippen LogP contribution < -0.4 is 10.6 Å². The van der Waals surface area contributed by atoms with E-state index in [0.717, 1.165) is 12.0 Å². The van der Waals surface area contributed by atoms with Gasteiger partial charge >= 0.3 is 0 Å². The lowest BCUT2D eigenvalue weighted by atomic mass is 10.0. The van der Waals surface area contributed by atoms with E-state index in [0.29, 0.717) is 6.04 Å². The second-order valence-corrected chi connectivity index (χ2v) is 6.18. The molecule has 1 aliphatic carbocycles. The number of rotatable bonds is 7. The number of hydrogen-bond acceptors (Lipinski definition) is 2. The molecule has 2 unspecified atom stereocenters. The van der Waals surface area contributed by atoms with Crippen LogP contribution in [-0.4, -0.2) is 25.2 Å². The lowest BCUT2D eigenvalue weighted by molar-refractivity contribution is 0.416.